The van der Waals surface area contributed by atoms with E-state index in [0.717, 1.165) is 6.42 Å². The molecule has 9 nitrogen and oxygen atoms in total. The van der Waals surface area contributed by atoms with Gasteiger partial charge in [0.1, 0.15) is 6.04 Å². The fourth-order valence-electron chi connectivity index (χ4n) is 3.11. The molecule has 0 unspecified atom stereocenters. The highest BCUT2D eigenvalue weighted by atomic mass is 32.3. The maximum absolute atomic E-state index is 12.0. The summed E-state index contributed by atoms with van der Waals surface area (Å²) in [6.45, 7) is 0.775. The van der Waals surface area contributed by atoms with Crippen molar-refractivity contribution in [3.8, 4) is 0 Å². The number of hydrogen-bond acceptors (Lipinski definition) is 5. The molecular weight excluding hydrogens is 278 g/mol. The first kappa shape index (κ1) is 12.6. The molecule has 0 aromatic carbocycles. The molecule has 0 aromatic rings. The number of hydroxylamine groups is 2. The summed E-state index contributed by atoms with van der Waals surface area (Å²) in [5.74, 6) is -0.233. The zero-order chi connectivity index (χ0) is 13.8. The van der Waals surface area contributed by atoms with Crippen LogP contribution in [0, 0.1) is 5.92 Å². The van der Waals surface area contributed by atoms with Gasteiger partial charge in [0.25, 0.3) is 0 Å². The second-order valence-electron chi connectivity index (χ2n) is 4.94. The van der Waals surface area contributed by atoms with Gasteiger partial charge in [-0.15, -0.1) is 4.28 Å². The van der Waals surface area contributed by atoms with Gasteiger partial charge in [-0.2, -0.15) is 13.5 Å². The predicted octanol–water partition coefficient (Wildman–Crippen LogP) is -1.26. The Morgan fingerprint density at radius 2 is 2.11 bits per heavy atom. The van der Waals surface area contributed by atoms with Crippen molar-refractivity contribution in [1.29, 1.82) is 0 Å². The van der Waals surface area contributed by atoms with E-state index in [1.807, 2.05) is 0 Å². The molecule has 0 aliphatic carbocycles. The molecule has 3 aliphatic rings. The Kier molecular flexibility index (Phi) is 2.69. The quantitative estimate of drug-likeness (QED) is 0.613. The van der Waals surface area contributed by atoms with E-state index in [9.17, 15) is 18.0 Å². The van der Waals surface area contributed by atoms with Gasteiger partial charge in [0.15, 0.2) is 0 Å². The highest BCUT2D eigenvalue weighted by molar-refractivity contribution is 7.80. The van der Waals surface area contributed by atoms with E-state index in [1.165, 1.54) is 4.90 Å². The summed E-state index contributed by atoms with van der Waals surface area (Å²) in [6.07, 6.45) is 1.21. The van der Waals surface area contributed by atoms with Crippen LogP contribution in [0.15, 0.2) is 0 Å². The van der Waals surface area contributed by atoms with Gasteiger partial charge in [0.05, 0.1) is 6.04 Å². The molecule has 3 heterocycles. The van der Waals surface area contributed by atoms with Crippen LogP contribution in [0.4, 0.5) is 4.79 Å². The molecule has 3 aliphatic heterocycles. The number of fused-ring (bicyclic) bond motifs is 4. The van der Waals surface area contributed by atoms with Crippen LogP contribution in [-0.4, -0.2) is 60.0 Å². The minimum atomic E-state index is -4.75. The summed E-state index contributed by atoms with van der Waals surface area (Å²) >= 11 is 0. The highest BCUT2D eigenvalue weighted by Crippen LogP contribution is 2.37. The number of hydrogen-bond donors (Lipinski definition) is 2. The first-order valence-corrected chi connectivity index (χ1v) is 7.28. The van der Waals surface area contributed by atoms with Crippen LogP contribution < -0.4 is 5.32 Å². The van der Waals surface area contributed by atoms with Crippen molar-refractivity contribution in [3.05, 3.63) is 0 Å². The molecule has 106 valence electrons. The van der Waals surface area contributed by atoms with Crippen molar-refractivity contribution in [1.82, 2.24) is 15.3 Å². The van der Waals surface area contributed by atoms with Crippen LogP contribution in [0.3, 0.4) is 0 Å². The molecule has 2 N–H and O–H groups in total. The number of nitrogens with zero attached hydrogens (tertiary/aromatic N) is 2. The van der Waals surface area contributed by atoms with Gasteiger partial charge < -0.3 is 10.2 Å². The number of urea groups is 1. The number of carbonyl (C=O) groups excluding carboxylic acids is 2. The molecule has 3 amide bonds. The first-order valence-electron chi connectivity index (χ1n) is 5.91. The molecule has 0 spiro atoms. The molecule has 2 bridgehead atoms. The lowest BCUT2D eigenvalue weighted by Crippen LogP contribution is -2.58. The van der Waals surface area contributed by atoms with Crippen LogP contribution in [0.5, 0.6) is 0 Å². The molecule has 3 rings (SSSR count). The highest BCUT2D eigenvalue weighted by Gasteiger charge is 2.54. The molecule has 0 aromatic heterocycles. The van der Waals surface area contributed by atoms with Crippen molar-refractivity contribution >= 4 is 22.3 Å². The number of piperidine rings is 2. The standard InChI is InChI=1S/C9H13N3O6S/c13-8-7-5(1-2-10-8)3-6-4-11(7)9(14)12(6)18-19(15,16)17/h5-7H,1-4H2,(H,10,13)(H,15,16,17)/t5-,6-,7+/m1/s1. The minimum Gasteiger partial charge on any atom is -0.354 e. The topological polar surface area (TPSA) is 116 Å². The lowest BCUT2D eigenvalue weighted by molar-refractivity contribution is -0.130. The summed E-state index contributed by atoms with van der Waals surface area (Å²) in [5.41, 5.74) is 0. The molecule has 0 radical (unpaired) electrons. The van der Waals surface area contributed by atoms with Crippen LogP contribution in [-0.2, 0) is 19.5 Å². The Labute approximate surface area is 109 Å². The zero-order valence-electron chi connectivity index (χ0n) is 9.85. The lowest BCUT2D eigenvalue weighted by atomic mass is 9.83. The van der Waals surface area contributed by atoms with Gasteiger partial charge in [-0.3, -0.25) is 9.35 Å². The Bertz CT molecular complexity index is 534. The number of carbonyl (C=O) groups is 2. The normalized spacial score (nSPS) is 34.3. The number of rotatable bonds is 2. The fourth-order valence-corrected chi connectivity index (χ4v) is 3.50. The van der Waals surface area contributed by atoms with Gasteiger partial charge in [-0.05, 0) is 18.8 Å². The zero-order valence-corrected chi connectivity index (χ0v) is 10.7. The van der Waals surface area contributed by atoms with E-state index in [4.69, 9.17) is 4.55 Å². The van der Waals surface area contributed by atoms with E-state index >= 15 is 0 Å². The Hall–Kier alpha value is -1.39. The third-order valence-corrected chi connectivity index (χ3v) is 4.14. The largest absolute Gasteiger partial charge is 0.418 e. The van der Waals surface area contributed by atoms with Crippen LogP contribution >= 0.6 is 0 Å². The van der Waals surface area contributed by atoms with Crippen molar-refractivity contribution in [2.45, 2.75) is 24.9 Å². The lowest BCUT2D eigenvalue weighted by Gasteiger charge is -2.39. The Morgan fingerprint density at radius 3 is 2.79 bits per heavy atom. The average Bonchev–Trinajstić information content (AvgIpc) is 2.53. The van der Waals surface area contributed by atoms with Gasteiger partial charge in [-0.1, -0.05) is 0 Å². The molecule has 19 heavy (non-hydrogen) atoms. The summed E-state index contributed by atoms with van der Waals surface area (Å²) < 4.78 is 34.5. The van der Waals surface area contributed by atoms with E-state index in [1.54, 1.807) is 0 Å². The SMILES string of the molecule is O=C1NCC[C@@H]2C[C@@H]3CN(C(=O)N3OS(=O)(=O)O)[C@H]12. The average molecular weight is 291 g/mol. The summed E-state index contributed by atoms with van der Waals surface area (Å²) in [5, 5.41) is 3.34. The van der Waals surface area contributed by atoms with Gasteiger partial charge in [-0.25, -0.2) is 4.79 Å². The summed E-state index contributed by atoms with van der Waals surface area (Å²) in [6, 6.07) is -1.73. The van der Waals surface area contributed by atoms with Crippen LogP contribution in [0.25, 0.3) is 0 Å². The van der Waals surface area contributed by atoms with E-state index in [-0.39, 0.29) is 18.4 Å². The Balaban J connectivity index is 1.88. The van der Waals surface area contributed by atoms with Gasteiger partial charge in [0, 0.05) is 13.1 Å². The predicted molar refractivity (Wildman–Crippen MR) is 59.9 cm³/mol. The molecule has 3 saturated heterocycles. The molecule has 0 saturated carbocycles. The number of nitrogens with one attached hydrogen (secondary N) is 1. The maximum Gasteiger partial charge on any atom is 0.418 e. The molecule has 3 fully saturated rings. The van der Waals surface area contributed by atoms with Crippen molar-refractivity contribution < 1.29 is 26.8 Å². The van der Waals surface area contributed by atoms with Crippen LogP contribution in [0.1, 0.15) is 12.8 Å². The summed E-state index contributed by atoms with van der Waals surface area (Å²) in [7, 11) is -4.75. The van der Waals surface area contributed by atoms with E-state index in [2.05, 4.69) is 9.60 Å². The second kappa shape index (κ2) is 4.05. The molecular formula is C9H13N3O6S. The maximum atomic E-state index is 12.0. The monoisotopic (exact) mass is 291 g/mol. The third kappa shape index (κ3) is 2.05. The minimum absolute atomic E-state index is 0.00792. The first-order chi connectivity index (χ1) is 8.87. The van der Waals surface area contributed by atoms with E-state index < -0.39 is 28.5 Å². The smallest absolute Gasteiger partial charge is 0.354 e. The Morgan fingerprint density at radius 1 is 1.37 bits per heavy atom. The van der Waals surface area contributed by atoms with Crippen LogP contribution in [0.2, 0.25) is 0 Å². The number of amides is 3. The van der Waals surface area contributed by atoms with Gasteiger partial charge >= 0.3 is 16.4 Å². The third-order valence-electron chi connectivity index (χ3n) is 3.79. The summed E-state index contributed by atoms with van der Waals surface area (Å²) in [4.78, 5) is 25.2. The van der Waals surface area contributed by atoms with Gasteiger partial charge in [0.2, 0.25) is 5.91 Å². The van der Waals surface area contributed by atoms with Crippen molar-refractivity contribution in [2.75, 3.05) is 13.1 Å². The van der Waals surface area contributed by atoms with Crippen molar-refractivity contribution in [2.24, 2.45) is 5.92 Å². The van der Waals surface area contributed by atoms with E-state index in [0.29, 0.717) is 18.0 Å². The molecule has 3 atom stereocenters. The fraction of sp³-hybridized carbons (Fsp3) is 0.778. The van der Waals surface area contributed by atoms with Crippen molar-refractivity contribution in [3.63, 3.8) is 0 Å². The molecule has 10 heteroatoms. The second-order valence-corrected chi connectivity index (χ2v) is 5.94.